The number of methoxy groups -OCH3 is 1. The molecule has 19 heavy (non-hydrogen) atoms. The lowest BCUT2D eigenvalue weighted by Gasteiger charge is -2.08. The summed E-state index contributed by atoms with van der Waals surface area (Å²) in [5, 5.41) is 9.44. The predicted molar refractivity (Wildman–Crippen MR) is 74.9 cm³/mol. The molecule has 2 aromatic rings. The number of hydrogen-bond acceptors (Lipinski definition) is 4. The Bertz CT molecular complexity index is 619. The third-order valence-electron chi connectivity index (χ3n) is 2.75. The molecule has 1 aromatic heterocycles. The molecule has 0 bridgehead atoms. The maximum absolute atomic E-state index is 10.7. The summed E-state index contributed by atoms with van der Waals surface area (Å²) in [5.74, 6) is -0.114. The second kappa shape index (κ2) is 5.40. The van der Waals surface area contributed by atoms with Crippen molar-refractivity contribution in [2.75, 3.05) is 7.11 Å². The fourth-order valence-corrected chi connectivity index (χ4v) is 2.85. The lowest BCUT2D eigenvalue weighted by Crippen LogP contribution is -1.99. The summed E-state index contributed by atoms with van der Waals surface area (Å²) in [6.07, 6.45) is -0.0420. The lowest BCUT2D eigenvalue weighted by atomic mass is 10.1. The van der Waals surface area contributed by atoms with Gasteiger partial charge in [0.25, 0.3) is 0 Å². The highest BCUT2D eigenvalue weighted by molar-refractivity contribution is 7.12. The van der Waals surface area contributed by atoms with Crippen LogP contribution in [0.1, 0.15) is 15.4 Å². The number of benzene rings is 1. The number of aryl methyl sites for hydroxylation is 2. The Hall–Kier alpha value is -1.88. The second-order valence-electron chi connectivity index (χ2n) is 4.29. The van der Waals surface area contributed by atoms with Gasteiger partial charge < -0.3 is 9.84 Å². The van der Waals surface area contributed by atoms with E-state index in [0.29, 0.717) is 5.01 Å². The smallest absolute Gasteiger partial charge is 0.310 e. The molecule has 0 unspecified atom stereocenters. The minimum atomic E-state index is -0.864. The van der Waals surface area contributed by atoms with Crippen LogP contribution in [0.15, 0.2) is 18.2 Å². The van der Waals surface area contributed by atoms with Crippen LogP contribution in [0.2, 0.25) is 0 Å². The molecule has 2 rings (SSSR count). The van der Waals surface area contributed by atoms with E-state index in [-0.39, 0.29) is 6.42 Å². The van der Waals surface area contributed by atoms with E-state index < -0.39 is 5.97 Å². The molecule has 1 N–H and O–H groups in total. The van der Waals surface area contributed by atoms with Gasteiger partial charge in [0.1, 0.15) is 10.8 Å². The SMILES string of the molecule is COc1ccc(C)cc1-c1nc(CC(=O)O)sc1C. The molecule has 100 valence electrons. The number of carboxylic acids is 1. The number of carbonyl (C=O) groups is 1. The lowest BCUT2D eigenvalue weighted by molar-refractivity contribution is -0.136. The summed E-state index contributed by atoms with van der Waals surface area (Å²) in [4.78, 5) is 16.2. The van der Waals surface area contributed by atoms with Crippen LogP contribution in [0.5, 0.6) is 5.75 Å². The first-order chi connectivity index (χ1) is 9.01. The van der Waals surface area contributed by atoms with Crippen molar-refractivity contribution in [3.05, 3.63) is 33.6 Å². The Morgan fingerprint density at radius 1 is 1.42 bits per heavy atom. The number of nitrogens with zero attached hydrogens (tertiary/aromatic N) is 1. The Kier molecular flexibility index (Phi) is 3.85. The Morgan fingerprint density at radius 2 is 2.16 bits per heavy atom. The number of ether oxygens (including phenoxy) is 1. The quantitative estimate of drug-likeness (QED) is 0.933. The summed E-state index contributed by atoms with van der Waals surface area (Å²) in [5.41, 5.74) is 2.83. The van der Waals surface area contributed by atoms with Crippen molar-refractivity contribution in [3.63, 3.8) is 0 Å². The molecule has 0 fully saturated rings. The molecule has 1 heterocycles. The van der Waals surface area contributed by atoms with E-state index in [0.717, 1.165) is 27.4 Å². The molecule has 1 aromatic carbocycles. The summed E-state index contributed by atoms with van der Waals surface area (Å²) >= 11 is 1.42. The average molecular weight is 277 g/mol. The molecular weight excluding hydrogens is 262 g/mol. The van der Waals surface area contributed by atoms with Gasteiger partial charge in [-0.15, -0.1) is 11.3 Å². The van der Waals surface area contributed by atoms with E-state index in [1.165, 1.54) is 11.3 Å². The second-order valence-corrected chi connectivity index (χ2v) is 5.57. The molecule has 0 radical (unpaired) electrons. The van der Waals surface area contributed by atoms with Gasteiger partial charge in [-0.1, -0.05) is 11.6 Å². The molecule has 5 heteroatoms. The largest absolute Gasteiger partial charge is 0.496 e. The van der Waals surface area contributed by atoms with Crippen molar-refractivity contribution in [2.45, 2.75) is 20.3 Å². The molecule has 0 aliphatic rings. The Balaban J connectivity index is 2.49. The van der Waals surface area contributed by atoms with E-state index in [1.807, 2.05) is 32.0 Å². The Labute approximate surface area is 115 Å². The fourth-order valence-electron chi connectivity index (χ4n) is 1.91. The van der Waals surface area contributed by atoms with Crippen LogP contribution in [0.4, 0.5) is 0 Å². The van der Waals surface area contributed by atoms with E-state index in [1.54, 1.807) is 7.11 Å². The zero-order valence-corrected chi connectivity index (χ0v) is 11.9. The third kappa shape index (κ3) is 2.93. The number of aliphatic carboxylic acids is 1. The van der Waals surface area contributed by atoms with Crippen molar-refractivity contribution in [1.29, 1.82) is 0 Å². The average Bonchev–Trinajstić information content (AvgIpc) is 2.69. The number of carboxylic acid groups (broad SMARTS) is 1. The van der Waals surface area contributed by atoms with Crippen LogP contribution in [0, 0.1) is 13.8 Å². The van der Waals surface area contributed by atoms with Gasteiger partial charge in [-0.2, -0.15) is 0 Å². The van der Waals surface area contributed by atoms with Crippen LogP contribution in [0.3, 0.4) is 0 Å². The van der Waals surface area contributed by atoms with Gasteiger partial charge in [0, 0.05) is 10.4 Å². The molecule has 0 saturated carbocycles. The molecule has 0 saturated heterocycles. The maximum atomic E-state index is 10.7. The van der Waals surface area contributed by atoms with E-state index in [2.05, 4.69) is 4.98 Å². The van der Waals surface area contributed by atoms with Crippen molar-refractivity contribution in [2.24, 2.45) is 0 Å². The zero-order chi connectivity index (χ0) is 14.0. The molecule has 0 aliphatic heterocycles. The van der Waals surface area contributed by atoms with E-state index >= 15 is 0 Å². The van der Waals surface area contributed by atoms with Crippen LogP contribution in [0.25, 0.3) is 11.3 Å². The van der Waals surface area contributed by atoms with Crippen LogP contribution >= 0.6 is 11.3 Å². The normalized spacial score (nSPS) is 10.5. The number of hydrogen-bond donors (Lipinski definition) is 1. The standard InChI is InChI=1S/C14H15NO3S/c1-8-4-5-11(18-3)10(6-8)14-9(2)19-12(15-14)7-13(16)17/h4-6H,7H2,1-3H3,(H,16,17). The molecule has 0 spiro atoms. The summed E-state index contributed by atoms with van der Waals surface area (Å²) in [6.45, 7) is 3.95. The zero-order valence-electron chi connectivity index (χ0n) is 11.1. The number of aromatic nitrogens is 1. The molecule has 4 nitrogen and oxygen atoms in total. The Morgan fingerprint density at radius 3 is 2.79 bits per heavy atom. The fraction of sp³-hybridized carbons (Fsp3) is 0.286. The van der Waals surface area contributed by atoms with Crippen LogP contribution in [-0.4, -0.2) is 23.2 Å². The first-order valence-corrected chi connectivity index (χ1v) is 6.66. The van der Waals surface area contributed by atoms with Gasteiger partial charge in [-0.05, 0) is 26.0 Å². The van der Waals surface area contributed by atoms with Gasteiger partial charge in [-0.25, -0.2) is 4.98 Å². The monoisotopic (exact) mass is 277 g/mol. The van der Waals surface area contributed by atoms with Crippen molar-refractivity contribution in [1.82, 2.24) is 4.98 Å². The van der Waals surface area contributed by atoms with E-state index in [9.17, 15) is 4.79 Å². The first-order valence-electron chi connectivity index (χ1n) is 5.84. The third-order valence-corrected chi connectivity index (χ3v) is 3.72. The number of rotatable bonds is 4. The summed E-state index contributed by atoms with van der Waals surface area (Å²) in [7, 11) is 1.62. The molecule has 0 amide bonds. The van der Waals surface area contributed by atoms with Gasteiger partial charge in [-0.3, -0.25) is 4.79 Å². The molecule has 0 aliphatic carbocycles. The van der Waals surface area contributed by atoms with Gasteiger partial charge in [0.15, 0.2) is 0 Å². The minimum absolute atomic E-state index is 0.0420. The highest BCUT2D eigenvalue weighted by Gasteiger charge is 2.15. The van der Waals surface area contributed by atoms with Gasteiger partial charge >= 0.3 is 5.97 Å². The highest BCUT2D eigenvalue weighted by Crippen LogP contribution is 2.34. The predicted octanol–water partition coefficient (Wildman–Crippen LogP) is 3.06. The van der Waals surface area contributed by atoms with Crippen molar-refractivity contribution in [3.8, 4) is 17.0 Å². The molecular formula is C14H15NO3S. The molecule has 0 atom stereocenters. The maximum Gasteiger partial charge on any atom is 0.310 e. The van der Waals surface area contributed by atoms with Crippen LogP contribution in [-0.2, 0) is 11.2 Å². The van der Waals surface area contributed by atoms with Gasteiger partial charge in [0.2, 0.25) is 0 Å². The van der Waals surface area contributed by atoms with Crippen LogP contribution < -0.4 is 4.74 Å². The van der Waals surface area contributed by atoms with Crippen molar-refractivity contribution >= 4 is 17.3 Å². The van der Waals surface area contributed by atoms with Gasteiger partial charge in [0.05, 0.1) is 19.2 Å². The van der Waals surface area contributed by atoms with Crippen molar-refractivity contribution < 1.29 is 14.6 Å². The summed E-state index contributed by atoms with van der Waals surface area (Å²) < 4.78 is 5.35. The minimum Gasteiger partial charge on any atom is -0.496 e. The first kappa shape index (κ1) is 13.5. The summed E-state index contributed by atoms with van der Waals surface area (Å²) in [6, 6.07) is 5.88. The highest BCUT2D eigenvalue weighted by atomic mass is 32.1. The topological polar surface area (TPSA) is 59.4 Å². The number of thiazole rings is 1. The van der Waals surface area contributed by atoms with E-state index in [4.69, 9.17) is 9.84 Å².